The lowest BCUT2D eigenvalue weighted by Crippen LogP contribution is -2.37. The summed E-state index contributed by atoms with van der Waals surface area (Å²) in [4.78, 5) is 21.8. The number of benzene rings is 1. The molecule has 0 saturated carbocycles. The van der Waals surface area contributed by atoms with E-state index in [9.17, 15) is 4.79 Å². The number of imidazole rings is 1. The molecular weight excluding hydrogens is 242 g/mol. The number of carbonyl (C=O) groups is 1. The number of nitrogens with one attached hydrogen (secondary N) is 1. The molecule has 0 amide bonds. The number of fused-ring (bicyclic) bond motifs is 1. The Labute approximate surface area is 111 Å². The maximum Gasteiger partial charge on any atom is 0.199 e. The van der Waals surface area contributed by atoms with Crippen LogP contribution in [0.3, 0.4) is 0 Å². The van der Waals surface area contributed by atoms with Crippen molar-refractivity contribution in [1.29, 1.82) is 0 Å². The Balaban J connectivity index is 1.63. The molecule has 0 unspecified atom stereocenters. The van der Waals surface area contributed by atoms with Crippen LogP contribution in [0.5, 0.6) is 0 Å². The average molecular weight is 259 g/mol. The Morgan fingerprint density at radius 2 is 2.11 bits per heavy atom. The van der Waals surface area contributed by atoms with Crippen LogP contribution in [0.2, 0.25) is 0 Å². The fourth-order valence-electron chi connectivity index (χ4n) is 2.29. The van der Waals surface area contributed by atoms with E-state index in [0.717, 1.165) is 43.9 Å². The van der Waals surface area contributed by atoms with Gasteiger partial charge in [-0.3, -0.25) is 9.69 Å². The summed E-state index contributed by atoms with van der Waals surface area (Å²) in [5.41, 5.74) is 1.76. The monoisotopic (exact) mass is 259 g/mol. The molecular formula is C14H17N3O2. The lowest BCUT2D eigenvalue weighted by atomic mass is 10.2. The Kier molecular flexibility index (Phi) is 3.57. The van der Waals surface area contributed by atoms with Crippen molar-refractivity contribution < 1.29 is 9.53 Å². The number of aromatic nitrogens is 2. The first-order valence-electron chi connectivity index (χ1n) is 6.61. The zero-order valence-electron chi connectivity index (χ0n) is 10.8. The second kappa shape index (κ2) is 5.50. The van der Waals surface area contributed by atoms with Gasteiger partial charge in [0.15, 0.2) is 11.6 Å². The highest BCUT2D eigenvalue weighted by Crippen LogP contribution is 2.11. The van der Waals surface area contributed by atoms with Gasteiger partial charge in [-0.15, -0.1) is 0 Å². The highest BCUT2D eigenvalue weighted by Gasteiger charge is 2.15. The van der Waals surface area contributed by atoms with Crippen molar-refractivity contribution in [2.45, 2.75) is 6.42 Å². The van der Waals surface area contributed by atoms with E-state index >= 15 is 0 Å². The van der Waals surface area contributed by atoms with Crippen molar-refractivity contribution in [2.75, 3.05) is 32.8 Å². The van der Waals surface area contributed by atoms with Gasteiger partial charge in [0.05, 0.1) is 24.2 Å². The van der Waals surface area contributed by atoms with Gasteiger partial charge >= 0.3 is 0 Å². The number of ketones is 1. The van der Waals surface area contributed by atoms with Crippen LogP contribution in [0.4, 0.5) is 0 Å². The molecule has 1 saturated heterocycles. The fourth-order valence-corrected chi connectivity index (χ4v) is 2.29. The van der Waals surface area contributed by atoms with Gasteiger partial charge in [0.2, 0.25) is 0 Å². The first kappa shape index (κ1) is 12.3. The van der Waals surface area contributed by atoms with E-state index in [1.165, 1.54) is 0 Å². The molecule has 1 aliphatic heterocycles. The fraction of sp³-hybridized carbons (Fsp3) is 0.429. The number of Topliss-reactive ketones (excluding diaryl/α,β-unsaturated/α-hetero) is 1. The van der Waals surface area contributed by atoms with E-state index in [-0.39, 0.29) is 5.78 Å². The Bertz CT molecular complexity index is 540. The van der Waals surface area contributed by atoms with Gasteiger partial charge in [-0.25, -0.2) is 4.98 Å². The van der Waals surface area contributed by atoms with Crippen LogP contribution in [0, 0.1) is 0 Å². The number of ether oxygens (including phenoxy) is 1. The summed E-state index contributed by atoms with van der Waals surface area (Å²) in [6.07, 6.45) is 0.500. The quantitative estimate of drug-likeness (QED) is 0.845. The maximum absolute atomic E-state index is 12.1. The second-order valence-electron chi connectivity index (χ2n) is 4.73. The van der Waals surface area contributed by atoms with E-state index in [2.05, 4.69) is 14.9 Å². The minimum Gasteiger partial charge on any atom is -0.379 e. The molecule has 1 N–H and O–H groups in total. The van der Waals surface area contributed by atoms with Gasteiger partial charge < -0.3 is 9.72 Å². The average Bonchev–Trinajstić information content (AvgIpc) is 2.90. The van der Waals surface area contributed by atoms with E-state index < -0.39 is 0 Å². The standard InChI is InChI=1S/C14H17N3O2/c18-13(5-6-17-7-9-19-10-8-17)14-15-11-3-1-2-4-12(11)16-14/h1-4H,5-10H2,(H,15,16). The smallest absolute Gasteiger partial charge is 0.199 e. The summed E-state index contributed by atoms with van der Waals surface area (Å²) in [7, 11) is 0. The van der Waals surface area contributed by atoms with E-state index in [1.54, 1.807) is 0 Å². The number of aromatic amines is 1. The largest absolute Gasteiger partial charge is 0.379 e. The summed E-state index contributed by atoms with van der Waals surface area (Å²) in [5.74, 6) is 0.539. The van der Waals surface area contributed by atoms with Crippen molar-refractivity contribution in [2.24, 2.45) is 0 Å². The predicted octanol–water partition coefficient (Wildman–Crippen LogP) is 1.47. The molecule has 100 valence electrons. The molecule has 0 atom stereocenters. The molecule has 1 aromatic carbocycles. The predicted molar refractivity (Wildman–Crippen MR) is 72.3 cm³/mol. The minimum atomic E-state index is 0.0719. The maximum atomic E-state index is 12.1. The molecule has 2 heterocycles. The first-order valence-corrected chi connectivity index (χ1v) is 6.61. The Hall–Kier alpha value is -1.72. The first-order chi connectivity index (χ1) is 9.33. The van der Waals surface area contributed by atoms with Gasteiger partial charge in [0.25, 0.3) is 0 Å². The van der Waals surface area contributed by atoms with Crippen LogP contribution < -0.4 is 0 Å². The molecule has 3 rings (SSSR count). The van der Waals surface area contributed by atoms with Gasteiger partial charge in [-0.05, 0) is 12.1 Å². The number of carbonyl (C=O) groups excluding carboxylic acids is 1. The highest BCUT2D eigenvalue weighted by molar-refractivity contribution is 5.95. The van der Waals surface area contributed by atoms with Crippen LogP contribution in [-0.2, 0) is 4.74 Å². The van der Waals surface area contributed by atoms with Crippen LogP contribution >= 0.6 is 0 Å². The second-order valence-corrected chi connectivity index (χ2v) is 4.73. The van der Waals surface area contributed by atoms with Crippen molar-refractivity contribution in [1.82, 2.24) is 14.9 Å². The number of hydrogen-bond donors (Lipinski definition) is 1. The summed E-state index contributed by atoms with van der Waals surface area (Å²) < 4.78 is 5.29. The van der Waals surface area contributed by atoms with Crippen LogP contribution in [0.15, 0.2) is 24.3 Å². The number of nitrogens with zero attached hydrogens (tertiary/aromatic N) is 2. The topological polar surface area (TPSA) is 58.2 Å². The molecule has 1 aliphatic rings. The third-order valence-electron chi connectivity index (χ3n) is 3.41. The van der Waals surface area contributed by atoms with Gasteiger partial charge in [0, 0.05) is 26.1 Å². The van der Waals surface area contributed by atoms with Crippen LogP contribution in [-0.4, -0.2) is 53.5 Å². The summed E-state index contributed by atoms with van der Waals surface area (Å²) in [6, 6.07) is 7.69. The molecule has 5 nitrogen and oxygen atoms in total. The Morgan fingerprint density at radius 3 is 2.89 bits per heavy atom. The molecule has 0 radical (unpaired) electrons. The number of rotatable bonds is 4. The van der Waals surface area contributed by atoms with Gasteiger partial charge in [-0.1, -0.05) is 12.1 Å². The third kappa shape index (κ3) is 2.83. The molecule has 1 fully saturated rings. The van der Waals surface area contributed by atoms with Crippen LogP contribution in [0.1, 0.15) is 17.0 Å². The van der Waals surface area contributed by atoms with Crippen molar-refractivity contribution in [3.05, 3.63) is 30.1 Å². The SMILES string of the molecule is O=C(CCN1CCOCC1)c1nc2ccccc2[nH]1. The molecule has 1 aromatic heterocycles. The minimum absolute atomic E-state index is 0.0719. The van der Waals surface area contributed by atoms with Gasteiger partial charge in [0.1, 0.15) is 0 Å². The summed E-state index contributed by atoms with van der Waals surface area (Å²) >= 11 is 0. The Morgan fingerprint density at radius 1 is 1.32 bits per heavy atom. The number of H-pyrrole nitrogens is 1. The van der Waals surface area contributed by atoms with Crippen molar-refractivity contribution in [3.63, 3.8) is 0 Å². The number of hydrogen-bond acceptors (Lipinski definition) is 4. The van der Waals surface area contributed by atoms with Crippen molar-refractivity contribution >= 4 is 16.8 Å². The summed E-state index contributed by atoms with van der Waals surface area (Å²) in [6.45, 7) is 4.12. The highest BCUT2D eigenvalue weighted by atomic mass is 16.5. The number of morpholine rings is 1. The van der Waals surface area contributed by atoms with E-state index in [4.69, 9.17) is 4.74 Å². The molecule has 0 spiro atoms. The zero-order valence-corrected chi connectivity index (χ0v) is 10.8. The number of para-hydroxylation sites is 2. The lowest BCUT2D eigenvalue weighted by molar-refractivity contribution is 0.0369. The summed E-state index contributed by atoms with van der Waals surface area (Å²) in [5, 5.41) is 0. The van der Waals surface area contributed by atoms with E-state index in [1.807, 2.05) is 24.3 Å². The molecule has 5 heteroatoms. The lowest BCUT2D eigenvalue weighted by Gasteiger charge is -2.25. The van der Waals surface area contributed by atoms with E-state index in [0.29, 0.717) is 12.2 Å². The molecule has 19 heavy (non-hydrogen) atoms. The molecule has 2 aromatic rings. The normalized spacial score (nSPS) is 16.8. The third-order valence-corrected chi connectivity index (χ3v) is 3.41. The zero-order chi connectivity index (χ0) is 13.1. The van der Waals surface area contributed by atoms with Gasteiger partial charge in [-0.2, -0.15) is 0 Å². The molecule has 0 bridgehead atoms. The molecule has 0 aliphatic carbocycles. The van der Waals surface area contributed by atoms with Crippen molar-refractivity contribution in [3.8, 4) is 0 Å². The van der Waals surface area contributed by atoms with Crippen LogP contribution in [0.25, 0.3) is 11.0 Å².